The van der Waals surface area contributed by atoms with E-state index in [2.05, 4.69) is 40.3 Å². The molecule has 17 heavy (non-hydrogen) atoms. The Morgan fingerprint density at radius 1 is 1.47 bits per heavy atom. The fourth-order valence-electron chi connectivity index (χ4n) is 2.15. The van der Waals surface area contributed by atoms with Gasteiger partial charge in [0.25, 0.3) is 0 Å². The minimum Gasteiger partial charge on any atom is -0.497 e. The molecule has 3 heteroatoms. The average molecular weight is 298 g/mol. The SMILES string of the molecule is CCCNC(c1ccc(OC)cc1Br)C1CC1. The first kappa shape index (κ1) is 12.9. The Balaban J connectivity index is 2.16. The summed E-state index contributed by atoms with van der Waals surface area (Å²) in [5.74, 6) is 1.72. The predicted octanol–water partition coefficient (Wildman–Crippen LogP) is 3.91. The standard InChI is InChI=1S/C14H20BrNO/c1-3-8-16-14(10-4-5-10)12-7-6-11(17-2)9-13(12)15/h6-7,9-10,14,16H,3-5,8H2,1-2H3. The van der Waals surface area contributed by atoms with E-state index in [1.165, 1.54) is 24.8 Å². The number of nitrogens with one attached hydrogen (secondary N) is 1. The molecule has 0 aliphatic heterocycles. The number of rotatable bonds is 6. The zero-order valence-corrected chi connectivity index (χ0v) is 12.1. The van der Waals surface area contributed by atoms with E-state index in [0.717, 1.165) is 22.7 Å². The number of benzene rings is 1. The van der Waals surface area contributed by atoms with Crippen LogP contribution in [-0.2, 0) is 0 Å². The molecule has 1 aliphatic rings. The van der Waals surface area contributed by atoms with Gasteiger partial charge in [-0.3, -0.25) is 0 Å². The lowest BCUT2D eigenvalue weighted by Crippen LogP contribution is -2.24. The highest BCUT2D eigenvalue weighted by Gasteiger charge is 2.32. The van der Waals surface area contributed by atoms with E-state index in [1.54, 1.807) is 7.11 Å². The van der Waals surface area contributed by atoms with Crippen LogP contribution >= 0.6 is 15.9 Å². The molecule has 1 aliphatic carbocycles. The van der Waals surface area contributed by atoms with Crippen molar-refractivity contribution in [3.8, 4) is 5.75 Å². The van der Waals surface area contributed by atoms with E-state index in [4.69, 9.17) is 4.74 Å². The molecule has 0 bridgehead atoms. The molecule has 0 radical (unpaired) electrons. The highest BCUT2D eigenvalue weighted by molar-refractivity contribution is 9.10. The summed E-state index contributed by atoms with van der Waals surface area (Å²) >= 11 is 3.66. The van der Waals surface area contributed by atoms with E-state index >= 15 is 0 Å². The van der Waals surface area contributed by atoms with Crippen LogP contribution in [0.5, 0.6) is 5.75 Å². The molecule has 0 aromatic heterocycles. The van der Waals surface area contributed by atoms with Crippen molar-refractivity contribution < 1.29 is 4.74 Å². The first-order valence-electron chi connectivity index (χ1n) is 6.33. The fraction of sp³-hybridized carbons (Fsp3) is 0.571. The van der Waals surface area contributed by atoms with Gasteiger partial charge in [0.15, 0.2) is 0 Å². The van der Waals surface area contributed by atoms with Crippen molar-refractivity contribution in [3.05, 3.63) is 28.2 Å². The summed E-state index contributed by atoms with van der Waals surface area (Å²) in [6, 6.07) is 6.77. The van der Waals surface area contributed by atoms with Gasteiger partial charge in [-0.2, -0.15) is 0 Å². The second kappa shape index (κ2) is 5.87. The van der Waals surface area contributed by atoms with Crippen molar-refractivity contribution in [1.29, 1.82) is 0 Å². The fourth-order valence-corrected chi connectivity index (χ4v) is 2.75. The Labute approximate surface area is 112 Å². The summed E-state index contributed by atoms with van der Waals surface area (Å²) in [5, 5.41) is 3.66. The van der Waals surface area contributed by atoms with E-state index in [1.807, 2.05) is 6.07 Å². The van der Waals surface area contributed by atoms with Gasteiger partial charge in [0, 0.05) is 10.5 Å². The van der Waals surface area contributed by atoms with Gasteiger partial charge >= 0.3 is 0 Å². The maximum Gasteiger partial charge on any atom is 0.120 e. The van der Waals surface area contributed by atoms with Crippen molar-refractivity contribution >= 4 is 15.9 Å². The number of methoxy groups -OCH3 is 1. The van der Waals surface area contributed by atoms with Gasteiger partial charge in [-0.1, -0.05) is 28.9 Å². The zero-order valence-electron chi connectivity index (χ0n) is 10.5. The third-order valence-corrected chi connectivity index (χ3v) is 3.94. The van der Waals surface area contributed by atoms with Crippen LogP contribution in [0, 0.1) is 5.92 Å². The molecule has 2 rings (SSSR count). The van der Waals surface area contributed by atoms with Crippen molar-refractivity contribution in [2.45, 2.75) is 32.2 Å². The van der Waals surface area contributed by atoms with Crippen LogP contribution < -0.4 is 10.1 Å². The molecule has 1 saturated carbocycles. The van der Waals surface area contributed by atoms with Crippen LogP contribution in [0.1, 0.15) is 37.8 Å². The maximum atomic E-state index is 5.24. The zero-order chi connectivity index (χ0) is 12.3. The molecule has 0 spiro atoms. The van der Waals surface area contributed by atoms with Gasteiger partial charge in [0.05, 0.1) is 7.11 Å². The molecule has 94 valence electrons. The first-order chi connectivity index (χ1) is 8.26. The number of hydrogen-bond acceptors (Lipinski definition) is 2. The number of hydrogen-bond donors (Lipinski definition) is 1. The molecule has 1 aromatic carbocycles. The van der Waals surface area contributed by atoms with Crippen LogP contribution in [0.15, 0.2) is 22.7 Å². The second-order valence-electron chi connectivity index (χ2n) is 4.66. The molecule has 1 fully saturated rings. The van der Waals surface area contributed by atoms with Crippen LogP contribution in [-0.4, -0.2) is 13.7 Å². The number of halogens is 1. The summed E-state index contributed by atoms with van der Waals surface area (Å²) in [5.41, 5.74) is 1.36. The van der Waals surface area contributed by atoms with Gasteiger partial charge in [-0.15, -0.1) is 0 Å². The molecule has 0 amide bonds. The Hall–Kier alpha value is -0.540. The third kappa shape index (κ3) is 3.23. The Kier molecular flexibility index (Phi) is 4.46. The first-order valence-corrected chi connectivity index (χ1v) is 7.12. The summed E-state index contributed by atoms with van der Waals surface area (Å²) < 4.78 is 6.39. The highest BCUT2D eigenvalue weighted by Crippen LogP contribution is 2.43. The van der Waals surface area contributed by atoms with Gasteiger partial charge in [0.1, 0.15) is 5.75 Å². The molecule has 2 nitrogen and oxygen atoms in total. The molecule has 0 heterocycles. The van der Waals surface area contributed by atoms with Crippen LogP contribution in [0.3, 0.4) is 0 Å². The quantitative estimate of drug-likeness (QED) is 0.860. The van der Waals surface area contributed by atoms with E-state index in [-0.39, 0.29) is 0 Å². The van der Waals surface area contributed by atoms with E-state index < -0.39 is 0 Å². The third-order valence-electron chi connectivity index (χ3n) is 3.25. The van der Waals surface area contributed by atoms with Crippen molar-refractivity contribution in [2.75, 3.05) is 13.7 Å². The topological polar surface area (TPSA) is 21.3 Å². The summed E-state index contributed by atoms with van der Waals surface area (Å²) in [7, 11) is 1.70. The number of ether oxygens (including phenoxy) is 1. The molecular formula is C14H20BrNO. The van der Waals surface area contributed by atoms with Gasteiger partial charge < -0.3 is 10.1 Å². The molecule has 1 unspecified atom stereocenters. The predicted molar refractivity (Wildman–Crippen MR) is 74.5 cm³/mol. The van der Waals surface area contributed by atoms with Crippen LogP contribution in [0.2, 0.25) is 0 Å². The molecule has 1 aromatic rings. The minimum absolute atomic E-state index is 0.496. The van der Waals surface area contributed by atoms with Gasteiger partial charge in [-0.05, 0) is 49.4 Å². The summed E-state index contributed by atoms with van der Waals surface area (Å²) in [6.07, 6.45) is 3.87. The van der Waals surface area contributed by atoms with E-state index in [9.17, 15) is 0 Å². The summed E-state index contributed by atoms with van der Waals surface area (Å²) in [4.78, 5) is 0. The van der Waals surface area contributed by atoms with E-state index in [0.29, 0.717) is 6.04 Å². The molecule has 1 N–H and O–H groups in total. The highest BCUT2D eigenvalue weighted by atomic mass is 79.9. The average Bonchev–Trinajstić information content (AvgIpc) is 3.15. The smallest absolute Gasteiger partial charge is 0.120 e. The van der Waals surface area contributed by atoms with Crippen molar-refractivity contribution in [2.24, 2.45) is 5.92 Å². The lowest BCUT2D eigenvalue weighted by Gasteiger charge is -2.20. The monoisotopic (exact) mass is 297 g/mol. The van der Waals surface area contributed by atoms with Crippen molar-refractivity contribution in [3.63, 3.8) is 0 Å². The second-order valence-corrected chi connectivity index (χ2v) is 5.51. The minimum atomic E-state index is 0.496. The molecular weight excluding hydrogens is 278 g/mol. The van der Waals surface area contributed by atoms with Crippen molar-refractivity contribution in [1.82, 2.24) is 5.32 Å². The Morgan fingerprint density at radius 3 is 2.76 bits per heavy atom. The normalized spacial score (nSPS) is 16.9. The lowest BCUT2D eigenvalue weighted by atomic mass is 10.0. The Bertz CT molecular complexity index is 376. The Morgan fingerprint density at radius 2 is 2.24 bits per heavy atom. The summed E-state index contributed by atoms with van der Waals surface area (Å²) in [6.45, 7) is 3.29. The van der Waals surface area contributed by atoms with Gasteiger partial charge in [0.2, 0.25) is 0 Å². The van der Waals surface area contributed by atoms with Crippen LogP contribution in [0.4, 0.5) is 0 Å². The molecule has 0 saturated heterocycles. The molecule has 1 atom stereocenters. The maximum absolute atomic E-state index is 5.24. The largest absolute Gasteiger partial charge is 0.497 e. The van der Waals surface area contributed by atoms with Crippen LogP contribution in [0.25, 0.3) is 0 Å². The van der Waals surface area contributed by atoms with Gasteiger partial charge in [-0.25, -0.2) is 0 Å². The lowest BCUT2D eigenvalue weighted by molar-refractivity contribution is 0.413.